The summed E-state index contributed by atoms with van der Waals surface area (Å²) in [7, 11) is 4.06. The van der Waals surface area contributed by atoms with Crippen LogP contribution in [0.5, 0.6) is 0 Å². The van der Waals surface area contributed by atoms with Crippen LogP contribution in [-0.4, -0.2) is 47.8 Å². The summed E-state index contributed by atoms with van der Waals surface area (Å²) in [5.41, 5.74) is 8.23. The predicted octanol–water partition coefficient (Wildman–Crippen LogP) is 7.57. The fourth-order valence-electron chi connectivity index (χ4n) is 5.67. The van der Waals surface area contributed by atoms with Gasteiger partial charge in [0.2, 0.25) is 11.6 Å². The maximum atomic E-state index is 4.78. The van der Waals surface area contributed by atoms with Crippen LogP contribution in [0.15, 0.2) is 71.9 Å². The molecule has 12 heteroatoms. The van der Waals surface area contributed by atoms with Gasteiger partial charge in [0.15, 0.2) is 0 Å². The van der Waals surface area contributed by atoms with Gasteiger partial charge in [0.1, 0.15) is 11.6 Å². The van der Waals surface area contributed by atoms with E-state index in [9.17, 15) is 0 Å². The van der Waals surface area contributed by atoms with E-state index in [1.54, 1.807) is 22.7 Å². The predicted molar refractivity (Wildman–Crippen MR) is 194 cm³/mol. The standard InChI is InChI=1S/C18H19N5S.C18H17N5S/c2*1-12-9-13(2)23-10-14(20-18(23)19-12)6-7-17-21-15(11-22(17)3)16-5-4-8-24-16/h4-5,8-11H,6-7H2,1-3H3;4-11H,1-3H3/b;7-6+. The first-order valence-electron chi connectivity index (χ1n) is 15.7. The van der Waals surface area contributed by atoms with Crippen LogP contribution in [-0.2, 0) is 26.9 Å². The highest BCUT2D eigenvalue weighted by atomic mass is 32.1. The van der Waals surface area contributed by atoms with Gasteiger partial charge in [-0.25, -0.2) is 29.9 Å². The van der Waals surface area contributed by atoms with E-state index in [4.69, 9.17) is 4.98 Å². The van der Waals surface area contributed by atoms with Gasteiger partial charge in [-0.05, 0) is 81.3 Å². The van der Waals surface area contributed by atoms with E-state index in [2.05, 4.69) is 102 Å². The van der Waals surface area contributed by atoms with Crippen molar-refractivity contribution in [3.05, 3.63) is 118 Å². The van der Waals surface area contributed by atoms with Crippen LogP contribution in [0.1, 0.15) is 45.8 Å². The van der Waals surface area contributed by atoms with Crippen LogP contribution < -0.4 is 0 Å². The van der Waals surface area contributed by atoms with E-state index in [1.165, 1.54) is 9.75 Å². The normalized spacial score (nSPS) is 11.6. The molecule has 0 aromatic carbocycles. The molecule has 8 heterocycles. The molecule has 8 aromatic heterocycles. The van der Waals surface area contributed by atoms with Crippen molar-refractivity contribution in [3.63, 3.8) is 0 Å². The molecule has 0 radical (unpaired) electrons. The second-order valence-electron chi connectivity index (χ2n) is 11.9. The van der Waals surface area contributed by atoms with Crippen LogP contribution in [0.4, 0.5) is 0 Å². The molecule has 8 rings (SSSR count). The van der Waals surface area contributed by atoms with E-state index < -0.39 is 0 Å². The average molecular weight is 673 g/mol. The molecule has 48 heavy (non-hydrogen) atoms. The third-order valence-corrected chi connectivity index (χ3v) is 9.82. The molecular formula is C36H36N10S2. The van der Waals surface area contributed by atoms with Crippen molar-refractivity contribution < 1.29 is 0 Å². The Hall–Kier alpha value is -5.20. The molecule has 0 fully saturated rings. The highest BCUT2D eigenvalue weighted by molar-refractivity contribution is 7.13. The zero-order valence-electron chi connectivity index (χ0n) is 27.8. The molecule has 0 unspecified atom stereocenters. The lowest BCUT2D eigenvalue weighted by Crippen LogP contribution is -2.00. The summed E-state index contributed by atoms with van der Waals surface area (Å²) in [6.45, 7) is 8.13. The summed E-state index contributed by atoms with van der Waals surface area (Å²) in [6, 6.07) is 12.4. The lowest BCUT2D eigenvalue weighted by atomic mass is 10.2. The molecule has 0 bridgehead atoms. The molecule has 0 aliphatic carbocycles. The topological polar surface area (TPSA) is 96.0 Å². The average Bonchev–Trinajstić information content (AvgIpc) is 3.88. The number of thiophene rings is 2. The van der Waals surface area contributed by atoms with Crippen LogP contribution in [0.2, 0.25) is 0 Å². The van der Waals surface area contributed by atoms with Crippen molar-refractivity contribution in [3.8, 4) is 21.1 Å². The quantitative estimate of drug-likeness (QED) is 0.173. The van der Waals surface area contributed by atoms with Crippen molar-refractivity contribution in [1.29, 1.82) is 0 Å². The number of fused-ring (bicyclic) bond motifs is 2. The molecule has 0 atom stereocenters. The highest BCUT2D eigenvalue weighted by Gasteiger charge is 2.11. The van der Waals surface area contributed by atoms with Crippen molar-refractivity contribution in [2.24, 2.45) is 14.1 Å². The van der Waals surface area contributed by atoms with E-state index in [1.807, 2.05) is 66.5 Å². The molecule has 0 saturated carbocycles. The zero-order valence-corrected chi connectivity index (χ0v) is 29.4. The number of aryl methyl sites for hydroxylation is 8. The fraction of sp³-hybridized carbons (Fsp3) is 0.222. The summed E-state index contributed by atoms with van der Waals surface area (Å²) in [6.07, 6.45) is 13.9. The number of imidazole rings is 4. The molecular weight excluding hydrogens is 637 g/mol. The summed E-state index contributed by atoms with van der Waals surface area (Å²) < 4.78 is 8.19. The second kappa shape index (κ2) is 13.1. The molecule has 242 valence electrons. The molecule has 0 spiro atoms. The molecule has 0 aliphatic rings. The van der Waals surface area contributed by atoms with Crippen LogP contribution in [0.25, 0.3) is 44.8 Å². The summed E-state index contributed by atoms with van der Waals surface area (Å²) in [4.78, 5) is 30.0. The van der Waals surface area contributed by atoms with Crippen LogP contribution >= 0.6 is 22.7 Å². The largest absolute Gasteiger partial charge is 0.337 e. The Bertz CT molecular complexity index is 2370. The Labute approximate surface area is 286 Å². The van der Waals surface area contributed by atoms with Gasteiger partial charge in [-0.2, -0.15) is 0 Å². The lowest BCUT2D eigenvalue weighted by Gasteiger charge is -1.99. The molecule has 10 nitrogen and oxygen atoms in total. The minimum atomic E-state index is 0.728. The van der Waals surface area contributed by atoms with Gasteiger partial charge in [-0.3, -0.25) is 8.80 Å². The summed E-state index contributed by atoms with van der Waals surface area (Å²) >= 11 is 3.41. The molecule has 0 aliphatic heterocycles. The van der Waals surface area contributed by atoms with E-state index in [0.717, 1.165) is 81.6 Å². The first-order chi connectivity index (χ1) is 23.2. The lowest BCUT2D eigenvalue weighted by molar-refractivity contribution is 0.764. The zero-order chi connectivity index (χ0) is 33.4. The van der Waals surface area contributed by atoms with E-state index >= 15 is 0 Å². The third-order valence-electron chi connectivity index (χ3n) is 8.03. The van der Waals surface area contributed by atoms with Gasteiger partial charge < -0.3 is 9.13 Å². The number of aromatic nitrogens is 10. The Morgan fingerprint density at radius 1 is 0.625 bits per heavy atom. The number of nitrogens with zero attached hydrogens (tertiary/aromatic N) is 10. The van der Waals surface area contributed by atoms with Gasteiger partial charge in [0, 0.05) is 68.1 Å². The van der Waals surface area contributed by atoms with Gasteiger partial charge in [-0.1, -0.05) is 12.1 Å². The van der Waals surface area contributed by atoms with Crippen LogP contribution in [0.3, 0.4) is 0 Å². The molecule has 0 N–H and O–H groups in total. The summed E-state index contributed by atoms with van der Waals surface area (Å²) in [5.74, 6) is 3.49. The highest BCUT2D eigenvalue weighted by Crippen LogP contribution is 2.25. The third kappa shape index (κ3) is 6.62. The smallest absolute Gasteiger partial charge is 0.234 e. The first kappa shape index (κ1) is 31.4. The van der Waals surface area contributed by atoms with Gasteiger partial charge in [-0.15, -0.1) is 22.7 Å². The van der Waals surface area contributed by atoms with Crippen LogP contribution in [0, 0.1) is 27.7 Å². The SMILES string of the molecule is Cc1cc(C)n2cc(/C=C/c3nc(-c4cccs4)cn3C)nc2n1.Cc1cc(C)n2cc(CCc3nc(-c4cccs4)cn3C)nc2n1. The maximum absolute atomic E-state index is 4.78. The van der Waals surface area contributed by atoms with Crippen molar-refractivity contribution >= 4 is 46.4 Å². The van der Waals surface area contributed by atoms with Crippen molar-refractivity contribution in [1.82, 2.24) is 47.8 Å². The molecule has 0 amide bonds. The Morgan fingerprint density at radius 2 is 1.23 bits per heavy atom. The van der Waals surface area contributed by atoms with E-state index in [-0.39, 0.29) is 0 Å². The van der Waals surface area contributed by atoms with Crippen molar-refractivity contribution in [2.45, 2.75) is 40.5 Å². The van der Waals surface area contributed by atoms with E-state index in [0.29, 0.717) is 0 Å². The first-order valence-corrected chi connectivity index (χ1v) is 17.4. The Kier molecular flexibility index (Phi) is 8.59. The fourth-order valence-corrected chi connectivity index (χ4v) is 7.03. The number of hydrogen-bond acceptors (Lipinski definition) is 8. The second-order valence-corrected chi connectivity index (χ2v) is 13.7. The molecule has 8 aromatic rings. The summed E-state index contributed by atoms with van der Waals surface area (Å²) in [5, 5.41) is 4.14. The number of rotatable bonds is 7. The minimum Gasteiger partial charge on any atom is -0.337 e. The monoisotopic (exact) mass is 672 g/mol. The van der Waals surface area contributed by atoms with Crippen molar-refractivity contribution in [2.75, 3.05) is 0 Å². The van der Waals surface area contributed by atoms with Gasteiger partial charge >= 0.3 is 0 Å². The Balaban J connectivity index is 0.000000152. The Morgan fingerprint density at radius 3 is 1.88 bits per heavy atom. The minimum absolute atomic E-state index is 0.728. The number of hydrogen-bond donors (Lipinski definition) is 0. The van der Waals surface area contributed by atoms with Gasteiger partial charge in [0.05, 0.1) is 32.5 Å². The maximum Gasteiger partial charge on any atom is 0.234 e. The molecule has 0 saturated heterocycles. The van der Waals surface area contributed by atoms with Gasteiger partial charge in [0.25, 0.3) is 0 Å².